The third kappa shape index (κ3) is 4.62. The predicted molar refractivity (Wildman–Crippen MR) is 73.8 cm³/mol. The number of carbonyl (C=O) groups is 2. The molecule has 2 N–H and O–H groups in total. The molecule has 0 aromatic heterocycles. The summed E-state index contributed by atoms with van der Waals surface area (Å²) in [6.07, 6.45) is 0. The summed E-state index contributed by atoms with van der Waals surface area (Å²) in [7, 11) is 0. The van der Waals surface area contributed by atoms with Gasteiger partial charge in [-0.2, -0.15) is 0 Å². The number of hydrogen-bond acceptors (Lipinski definition) is 4. The van der Waals surface area contributed by atoms with Crippen LogP contribution in [-0.4, -0.2) is 17.0 Å². The molecule has 2 aromatic rings. The largest absolute Gasteiger partial charge is 0.507 e. The number of phenols is 1. The molecule has 1 amide bonds. The monoisotopic (exact) mass is 330 g/mol. The van der Waals surface area contributed by atoms with E-state index in [4.69, 9.17) is 4.74 Å². The first kappa shape index (κ1) is 16.7. The Kier molecular flexibility index (Phi) is 5.95. The van der Waals surface area contributed by atoms with Crippen LogP contribution in [0.25, 0.3) is 0 Å². The predicted octanol–water partition coefficient (Wildman–Crippen LogP) is 2.57. The number of amides is 1. The van der Waals surface area contributed by atoms with Crippen LogP contribution in [0.2, 0.25) is 0 Å². The van der Waals surface area contributed by atoms with E-state index in [1.807, 2.05) is 0 Å². The number of nitrogens with one attached hydrogen (secondary N) is 1. The minimum absolute atomic E-state index is 0. The van der Waals surface area contributed by atoms with Crippen LogP contribution in [0, 0.1) is 0 Å². The first-order valence-electron chi connectivity index (χ1n) is 5.94. The van der Waals surface area contributed by atoms with Crippen molar-refractivity contribution in [2.45, 2.75) is 6.92 Å². The van der Waals surface area contributed by atoms with Crippen molar-refractivity contribution in [2.24, 2.45) is 0 Å². The number of esters is 1. The first-order chi connectivity index (χ1) is 9.56. The van der Waals surface area contributed by atoms with Crippen LogP contribution >= 0.6 is 0 Å². The van der Waals surface area contributed by atoms with E-state index in [9.17, 15) is 14.7 Å². The van der Waals surface area contributed by atoms with Gasteiger partial charge in [-0.05, 0) is 36.4 Å². The number of aromatic hydroxyl groups is 1. The van der Waals surface area contributed by atoms with Gasteiger partial charge in [-0.3, -0.25) is 4.79 Å². The average molecular weight is 330 g/mol. The van der Waals surface area contributed by atoms with Crippen molar-refractivity contribution in [3.8, 4) is 11.5 Å². The minimum Gasteiger partial charge on any atom is -0.507 e. The van der Waals surface area contributed by atoms with Crippen molar-refractivity contribution < 1.29 is 36.2 Å². The Labute approximate surface area is 132 Å². The molecule has 0 saturated carbocycles. The average Bonchev–Trinajstić information content (AvgIpc) is 2.41. The number of rotatable bonds is 3. The molecule has 0 atom stereocenters. The normalized spacial score (nSPS) is 9.38. The molecule has 0 heterocycles. The second-order valence-corrected chi connectivity index (χ2v) is 4.11. The van der Waals surface area contributed by atoms with E-state index in [0.29, 0.717) is 11.4 Å². The Morgan fingerprint density at radius 3 is 2.24 bits per heavy atom. The fourth-order valence-electron chi connectivity index (χ4n) is 1.62. The summed E-state index contributed by atoms with van der Waals surface area (Å²) >= 11 is 0. The maximum atomic E-state index is 11.8. The van der Waals surface area contributed by atoms with Crippen LogP contribution in [0.4, 0.5) is 5.69 Å². The molecule has 111 valence electrons. The second kappa shape index (κ2) is 7.46. The van der Waals surface area contributed by atoms with Crippen molar-refractivity contribution in [2.75, 3.05) is 5.32 Å². The minimum atomic E-state index is -0.643. The third-order valence-electron chi connectivity index (χ3n) is 2.51. The van der Waals surface area contributed by atoms with Gasteiger partial charge >= 0.3 is 5.97 Å². The van der Waals surface area contributed by atoms with Crippen LogP contribution in [0.5, 0.6) is 11.5 Å². The number of ether oxygens (including phenoxy) is 1. The van der Waals surface area contributed by atoms with E-state index in [1.165, 1.54) is 19.1 Å². The summed E-state index contributed by atoms with van der Waals surface area (Å²) in [5, 5.41) is 12.2. The van der Waals surface area contributed by atoms with Crippen molar-refractivity contribution in [3.63, 3.8) is 0 Å². The van der Waals surface area contributed by atoms with Crippen molar-refractivity contribution >= 4 is 17.6 Å². The molecule has 0 aliphatic heterocycles. The molecule has 2 aromatic carbocycles. The first-order valence-corrected chi connectivity index (χ1v) is 5.94. The molecule has 0 aliphatic carbocycles. The fraction of sp³-hybridized carbons (Fsp3) is 0.0667. The summed E-state index contributed by atoms with van der Waals surface area (Å²) < 4.78 is 5.13. The Balaban J connectivity index is 0.00000220. The molecule has 5 nitrogen and oxygen atoms in total. The van der Waals surface area contributed by atoms with Gasteiger partial charge in [0.05, 0.1) is 0 Å². The van der Waals surface area contributed by atoms with E-state index < -0.39 is 5.97 Å². The number of anilines is 1. The van der Waals surface area contributed by atoms with Gasteiger partial charge in [0.1, 0.15) is 17.1 Å². The van der Waals surface area contributed by atoms with E-state index in [2.05, 4.69) is 5.32 Å². The molecule has 1 radical (unpaired) electrons. The van der Waals surface area contributed by atoms with Crippen LogP contribution in [-0.2, 0) is 21.6 Å². The SMILES string of the molecule is CC(=O)Nc1ccc(OC(=O)c2ccccc2O)cc1.[Co]. The van der Waals surface area contributed by atoms with Gasteiger partial charge in [0, 0.05) is 29.4 Å². The van der Waals surface area contributed by atoms with E-state index in [1.54, 1.807) is 36.4 Å². The Morgan fingerprint density at radius 2 is 1.67 bits per heavy atom. The van der Waals surface area contributed by atoms with Crippen molar-refractivity contribution in [1.82, 2.24) is 0 Å². The van der Waals surface area contributed by atoms with Crippen LogP contribution < -0.4 is 10.1 Å². The van der Waals surface area contributed by atoms with Crippen molar-refractivity contribution in [3.05, 3.63) is 54.1 Å². The van der Waals surface area contributed by atoms with Crippen LogP contribution in [0.1, 0.15) is 17.3 Å². The zero-order valence-electron chi connectivity index (χ0n) is 11.1. The molecule has 0 unspecified atom stereocenters. The molecule has 0 fully saturated rings. The van der Waals surface area contributed by atoms with Crippen LogP contribution in [0.3, 0.4) is 0 Å². The van der Waals surface area contributed by atoms with Gasteiger partial charge in [0.15, 0.2) is 0 Å². The summed E-state index contributed by atoms with van der Waals surface area (Å²) in [5.74, 6) is -0.626. The maximum Gasteiger partial charge on any atom is 0.347 e. The molecule has 21 heavy (non-hydrogen) atoms. The zero-order chi connectivity index (χ0) is 14.5. The van der Waals surface area contributed by atoms with Crippen LogP contribution in [0.15, 0.2) is 48.5 Å². The summed E-state index contributed by atoms with van der Waals surface area (Å²) in [5.41, 5.74) is 0.707. The molecule has 0 spiro atoms. The summed E-state index contributed by atoms with van der Waals surface area (Å²) in [6.45, 7) is 1.41. The summed E-state index contributed by atoms with van der Waals surface area (Å²) in [6, 6.07) is 12.5. The van der Waals surface area contributed by atoms with Gasteiger partial charge in [-0.15, -0.1) is 0 Å². The smallest absolute Gasteiger partial charge is 0.347 e. The molecule has 2 rings (SSSR count). The van der Waals surface area contributed by atoms with Gasteiger partial charge in [0.2, 0.25) is 5.91 Å². The Bertz CT molecular complexity index is 640. The number of phenolic OH excluding ortho intramolecular Hbond substituents is 1. The maximum absolute atomic E-state index is 11.8. The molecular weight excluding hydrogens is 317 g/mol. The molecule has 0 saturated heterocycles. The van der Waals surface area contributed by atoms with E-state index in [-0.39, 0.29) is 34.0 Å². The van der Waals surface area contributed by atoms with Gasteiger partial charge in [-0.25, -0.2) is 4.79 Å². The third-order valence-corrected chi connectivity index (χ3v) is 2.51. The number of para-hydroxylation sites is 1. The molecule has 0 bridgehead atoms. The fourth-order valence-corrected chi connectivity index (χ4v) is 1.62. The van der Waals surface area contributed by atoms with Crippen molar-refractivity contribution in [1.29, 1.82) is 0 Å². The standard InChI is InChI=1S/C15H13NO4.Co/c1-10(17)16-11-6-8-12(9-7-11)20-15(19)13-4-2-3-5-14(13)18;/h2-9,18H,1H3,(H,16,17);. The number of carbonyl (C=O) groups excluding carboxylic acids is 2. The molecular formula is C15H13CoNO4. The molecule has 0 aliphatic rings. The van der Waals surface area contributed by atoms with Gasteiger partial charge in [0.25, 0.3) is 0 Å². The Hall–Kier alpha value is -2.31. The zero-order valence-corrected chi connectivity index (χ0v) is 12.2. The Morgan fingerprint density at radius 1 is 1.05 bits per heavy atom. The van der Waals surface area contributed by atoms with Gasteiger partial charge in [-0.1, -0.05) is 12.1 Å². The summed E-state index contributed by atoms with van der Waals surface area (Å²) in [4.78, 5) is 22.7. The van der Waals surface area contributed by atoms with Gasteiger partial charge < -0.3 is 15.2 Å². The number of benzene rings is 2. The molecule has 6 heteroatoms. The van der Waals surface area contributed by atoms with E-state index in [0.717, 1.165) is 0 Å². The van der Waals surface area contributed by atoms with E-state index >= 15 is 0 Å². The number of hydrogen-bond donors (Lipinski definition) is 2. The quantitative estimate of drug-likeness (QED) is 0.670. The second-order valence-electron chi connectivity index (χ2n) is 4.11. The topological polar surface area (TPSA) is 75.6 Å².